The number of halogens is 5. The maximum atomic E-state index is 14.4. The number of pyridine rings is 1. The summed E-state index contributed by atoms with van der Waals surface area (Å²) in [7, 11) is 1.49. The maximum Gasteiger partial charge on any atom is 0.419 e. The van der Waals surface area contributed by atoms with Crippen LogP contribution in [0.25, 0.3) is 22.3 Å². The lowest BCUT2D eigenvalue weighted by atomic mass is 10.0. The summed E-state index contributed by atoms with van der Waals surface area (Å²) in [6.07, 6.45) is -5.12. The van der Waals surface area contributed by atoms with E-state index in [4.69, 9.17) is 4.74 Å². The van der Waals surface area contributed by atoms with Gasteiger partial charge in [0.2, 0.25) is 0 Å². The molecule has 3 aromatic rings. The highest BCUT2D eigenvalue weighted by molar-refractivity contribution is 5.92. The van der Waals surface area contributed by atoms with Gasteiger partial charge in [-0.05, 0) is 18.2 Å². The largest absolute Gasteiger partial charge is 0.503 e. The Morgan fingerprint density at radius 1 is 1.21 bits per heavy atom. The third kappa shape index (κ3) is 2.91. The van der Waals surface area contributed by atoms with E-state index in [9.17, 15) is 27.1 Å². The second kappa shape index (κ2) is 6.30. The van der Waals surface area contributed by atoms with E-state index in [-0.39, 0.29) is 22.8 Å². The van der Waals surface area contributed by atoms with Gasteiger partial charge in [0.25, 0.3) is 0 Å². The monoisotopic (exact) mass is 400 g/mol. The number of phenolic OH excluding ortho intramolecular Hbond substituents is 1. The highest BCUT2D eigenvalue weighted by atomic mass is 19.4. The van der Waals surface area contributed by atoms with Crippen molar-refractivity contribution in [2.75, 3.05) is 18.5 Å². The number of hydrogen-bond donors (Lipinski definition) is 2. The lowest BCUT2D eigenvalue weighted by Gasteiger charge is -2.27. The number of aryl methyl sites for hydroxylation is 1. The van der Waals surface area contributed by atoms with Crippen molar-refractivity contribution < 1.29 is 31.8 Å². The summed E-state index contributed by atoms with van der Waals surface area (Å²) >= 11 is 0. The van der Waals surface area contributed by atoms with Crippen LogP contribution in [0, 0.1) is 11.6 Å². The molecule has 1 fully saturated rings. The van der Waals surface area contributed by atoms with Crippen molar-refractivity contribution in [2.24, 2.45) is 7.05 Å². The first-order valence-electron chi connectivity index (χ1n) is 8.13. The Morgan fingerprint density at radius 3 is 2.54 bits per heavy atom. The van der Waals surface area contributed by atoms with E-state index >= 15 is 0 Å². The van der Waals surface area contributed by atoms with E-state index in [1.807, 2.05) is 0 Å². The number of nitrogens with zero attached hydrogens (tertiary/aromatic N) is 3. The molecule has 2 N–H and O–H groups in total. The molecular weight excluding hydrogens is 387 g/mol. The van der Waals surface area contributed by atoms with Crippen molar-refractivity contribution >= 4 is 16.9 Å². The lowest BCUT2D eigenvalue weighted by Crippen LogP contribution is -2.40. The van der Waals surface area contributed by atoms with Gasteiger partial charge in [-0.2, -0.15) is 18.3 Å². The van der Waals surface area contributed by atoms with Crippen LogP contribution in [-0.4, -0.2) is 39.1 Å². The minimum atomic E-state index is -5.12. The van der Waals surface area contributed by atoms with Gasteiger partial charge in [-0.25, -0.2) is 18.4 Å². The fourth-order valence-corrected chi connectivity index (χ4v) is 2.94. The molecule has 3 heterocycles. The van der Waals surface area contributed by atoms with Crippen molar-refractivity contribution in [3.05, 3.63) is 35.4 Å². The van der Waals surface area contributed by atoms with Crippen LogP contribution >= 0.6 is 0 Å². The number of nitrogens with one attached hydrogen (secondary N) is 1. The van der Waals surface area contributed by atoms with Crippen molar-refractivity contribution in [3.8, 4) is 17.0 Å². The number of benzene rings is 1. The predicted octanol–water partition coefficient (Wildman–Crippen LogP) is 3.45. The number of ether oxygens (including phenoxy) is 1. The van der Waals surface area contributed by atoms with E-state index in [0.717, 1.165) is 0 Å². The summed E-state index contributed by atoms with van der Waals surface area (Å²) in [5.74, 6) is -4.81. The predicted molar refractivity (Wildman–Crippen MR) is 88.8 cm³/mol. The van der Waals surface area contributed by atoms with Gasteiger partial charge in [0, 0.05) is 18.0 Å². The van der Waals surface area contributed by atoms with Gasteiger partial charge in [0.05, 0.1) is 24.8 Å². The Morgan fingerprint density at radius 2 is 1.93 bits per heavy atom. The molecule has 0 saturated carbocycles. The van der Waals surface area contributed by atoms with Gasteiger partial charge in [0.15, 0.2) is 23.0 Å². The Bertz CT molecular complexity index is 1080. The van der Waals surface area contributed by atoms with E-state index in [1.165, 1.54) is 17.8 Å². The van der Waals surface area contributed by atoms with Crippen LogP contribution in [0.4, 0.5) is 27.8 Å². The zero-order valence-corrected chi connectivity index (χ0v) is 14.3. The Balaban J connectivity index is 1.86. The van der Waals surface area contributed by atoms with E-state index in [2.05, 4.69) is 15.4 Å². The van der Waals surface area contributed by atoms with Crippen molar-refractivity contribution in [3.63, 3.8) is 0 Å². The molecule has 0 unspecified atom stereocenters. The molecule has 1 aliphatic heterocycles. The SMILES string of the molecule is Cn1nc(-c2cc(C(F)(F)F)c(F)c(O)c2F)c2ccc(NC3COC3)nc21. The first-order chi connectivity index (χ1) is 13.2. The van der Waals surface area contributed by atoms with Crippen LogP contribution in [0.1, 0.15) is 5.56 Å². The number of aromatic hydroxyl groups is 1. The molecule has 0 radical (unpaired) electrons. The second-order valence-electron chi connectivity index (χ2n) is 6.36. The molecule has 11 heteroatoms. The number of phenols is 1. The topological polar surface area (TPSA) is 72.2 Å². The quantitative estimate of drug-likeness (QED) is 0.659. The first-order valence-corrected chi connectivity index (χ1v) is 8.13. The van der Waals surface area contributed by atoms with Crippen LogP contribution in [0.5, 0.6) is 5.75 Å². The molecule has 148 valence electrons. The zero-order valence-electron chi connectivity index (χ0n) is 14.3. The number of alkyl halides is 3. The minimum Gasteiger partial charge on any atom is -0.503 e. The van der Waals surface area contributed by atoms with Gasteiger partial charge in [-0.3, -0.25) is 0 Å². The molecule has 0 atom stereocenters. The van der Waals surface area contributed by atoms with Crippen molar-refractivity contribution in [1.82, 2.24) is 14.8 Å². The molecule has 28 heavy (non-hydrogen) atoms. The fraction of sp³-hybridized carbons (Fsp3) is 0.294. The van der Waals surface area contributed by atoms with Crippen LogP contribution in [0.2, 0.25) is 0 Å². The summed E-state index contributed by atoms with van der Waals surface area (Å²) in [5.41, 5.74) is -2.37. The van der Waals surface area contributed by atoms with Crippen LogP contribution in [-0.2, 0) is 18.0 Å². The molecule has 2 aromatic heterocycles. The average molecular weight is 400 g/mol. The normalized spacial score (nSPS) is 15.1. The molecule has 0 spiro atoms. The van der Waals surface area contributed by atoms with E-state index < -0.39 is 34.7 Å². The molecule has 0 aliphatic carbocycles. The highest BCUT2D eigenvalue weighted by Crippen LogP contribution is 2.41. The molecule has 6 nitrogen and oxygen atoms in total. The van der Waals surface area contributed by atoms with Crippen LogP contribution < -0.4 is 5.32 Å². The summed E-state index contributed by atoms with van der Waals surface area (Å²) < 4.78 is 73.6. The summed E-state index contributed by atoms with van der Waals surface area (Å²) in [5, 5.41) is 16.9. The molecule has 0 amide bonds. The summed E-state index contributed by atoms with van der Waals surface area (Å²) in [6, 6.07) is 3.47. The Kier molecular flexibility index (Phi) is 4.14. The Labute approximate surface area is 154 Å². The molecule has 1 saturated heterocycles. The van der Waals surface area contributed by atoms with Gasteiger partial charge in [0.1, 0.15) is 11.5 Å². The molecule has 1 aliphatic rings. The summed E-state index contributed by atoms with van der Waals surface area (Å²) in [4.78, 5) is 4.34. The molecule has 4 rings (SSSR count). The highest BCUT2D eigenvalue weighted by Gasteiger charge is 2.38. The van der Waals surface area contributed by atoms with E-state index in [0.29, 0.717) is 25.1 Å². The number of anilines is 1. The number of aromatic nitrogens is 3. The van der Waals surface area contributed by atoms with Crippen LogP contribution in [0.3, 0.4) is 0 Å². The third-order valence-electron chi connectivity index (χ3n) is 4.41. The number of rotatable bonds is 3. The minimum absolute atomic E-state index is 0.0958. The standard InChI is InChI=1S/C17H13F5N4O2/c1-26-16-8(2-3-11(24-16)23-7-5-28-6-7)14(25-26)9-4-10(17(20,21)22)13(19)15(27)12(9)18/h2-4,7,27H,5-6H2,1H3,(H,23,24). The van der Waals surface area contributed by atoms with Crippen LogP contribution in [0.15, 0.2) is 18.2 Å². The van der Waals surface area contributed by atoms with Crippen molar-refractivity contribution in [1.29, 1.82) is 0 Å². The summed E-state index contributed by atoms with van der Waals surface area (Å²) in [6.45, 7) is 1.05. The second-order valence-corrected chi connectivity index (χ2v) is 6.36. The third-order valence-corrected chi connectivity index (χ3v) is 4.41. The Hall–Kier alpha value is -2.95. The fourth-order valence-electron chi connectivity index (χ4n) is 2.94. The van der Waals surface area contributed by atoms with Gasteiger partial charge in [-0.15, -0.1) is 0 Å². The van der Waals surface area contributed by atoms with Gasteiger partial charge in [-0.1, -0.05) is 0 Å². The van der Waals surface area contributed by atoms with Gasteiger partial charge >= 0.3 is 6.18 Å². The zero-order chi connectivity index (χ0) is 20.2. The lowest BCUT2D eigenvalue weighted by molar-refractivity contribution is -0.140. The van der Waals surface area contributed by atoms with Gasteiger partial charge < -0.3 is 15.2 Å². The average Bonchev–Trinajstić information content (AvgIpc) is 2.91. The maximum absolute atomic E-state index is 14.4. The smallest absolute Gasteiger partial charge is 0.419 e. The molecule has 1 aromatic carbocycles. The first kappa shape index (κ1) is 18.4. The molecular formula is C17H13F5N4O2. The molecule has 0 bridgehead atoms. The number of hydrogen-bond acceptors (Lipinski definition) is 5. The number of fused-ring (bicyclic) bond motifs is 1. The van der Waals surface area contributed by atoms with E-state index in [1.54, 1.807) is 6.07 Å². The van der Waals surface area contributed by atoms with Crippen molar-refractivity contribution in [2.45, 2.75) is 12.2 Å².